The molecule has 1 atom stereocenters. The molecule has 0 bridgehead atoms. The highest BCUT2D eigenvalue weighted by Crippen LogP contribution is 2.27. The molecule has 0 saturated carbocycles. The first-order valence-corrected chi connectivity index (χ1v) is 10.3. The number of guanidine groups is 1. The summed E-state index contributed by atoms with van der Waals surface area (Å²) in [6, 6.07) is 14.5. The summed E-state index contributed by atoms with van der Waals surface area (Å²) < 4.78 is 5.53. The zero-order chi connectivity index (χ0) is 19.8. The van der Waals surface area contributed by atoms with Gasteiger partial charge < -0.3 is 15.4 Å². The van der Waals surface area contributed by atoms with Gasteiger partial charge in [0.15, 0.2) is 5.96 Å². The average molecular weight is 525 g/mol. The molecule has 6 nitrogen and oxygen atoms in total. The van der Waals surface area contributed by atoms with Crippen molar-refractivity contribution in [3.05, 3.63) is 57.3 Å². The first kappa shape index (κ1) is 23.6. The van der Waals surface area contributed by atoms with Crippen LogP contribution < -0.4 is 10.6 Å². The minimum atomic E-state index is 0. The van der Waals surface area contributed by atoms with E-state index in [0.29, 0.717) is 18.2 Å². The fraction of sp³-hybridized carbons (Fsp3) is 0.429. The van der Waals surface area contributed by atoms with E-state index < -0.39 is 0 Å². The molecule has 0 spiro atoms. The van der Waals surface area contributed by atoms with E-state index in [0.717, 1.165) is 44.4 Å². The van der Waals surface area contributed by atoms with Gasteiger partial charge in [-0.25, -0.2) is 0 Å². The molecular formula is C21H28IN5OS. The number of ether oxygens (including phenoxy) is 1. The molecule has 2 heterocycles. The zero-order valence-electron chi connectivity index (χ0n) is 16.9. The van der Waals surface area contributed by atoms with E-state index in [1.807, 2.05) is 35.6 Å². The molecule has 0 amide bonds. The summed E-state index contributed by atoms with van der Waals surface area (Å²) in [5.41, 5.74) is 1.78. The molecular weight excluding hydrogens is 497 g/mol. The first-order chi connectivity index (χ1) is 13.7. The Morgan fingerprint density at radius 2 is 1.93 bits per heavy atom. The maximum Gasteiger partial charge on any atom is 0.191 e. The number of nitrogens with zero attached hydrogens (tertiary/aromatic N) is 3. The Bertz CT molecular complexity index is 824. The van der Waals surface area contributed by atoms with Crippen LogP contribution in [0.15, 0.2) is 41.4 Å². The highest BCUT2D eigenvalue weighted by molar-refractivity contribution is 14.0. The number of nitriles is 1. The molecule has 29 heavy (non-hydrogen) atoms. The lowest BCUT2D eigenvalue weighted by Gasteiger charge is -2.34. The van der Waals surface area contributed by atoms with E-state index in [4.69, 9.17) is 10.00 Å². The van der Waals surface area contributed by atoms with E-state index in [9.17, 15) is 0 Å². The number of aliphatic imine (C=N–C) groups is 1. The highest BCUT2D eigenvalue weighted by atomic mass is 127. The van der Waals surface area contributed by atoms with Crippen molar-refractivity contribution in [2.24, 2.45) is 4.99 Å². The molecule has 0 aliphatic carbocycles. The van der Waals surface area contributed by atoms with Crippen LogP contribution in [0, 0.1) is 18.3 Å². The monoisotopic (exact) mass is 525 g/mol. The quantitative estimate of drug-likeness (QED) is 0.344. The van der Waals surface area contributed by atoms with Crippen LogP contribution in [-0.2, 0) is 11.3 Å². The zero-order valence-corrected chi connectivity index (χ0v) is 20.0. The van der Waals surface area contributed by atoms with Gasteiger partial charge in [0, 0.05) is 43.0 Å². The summed E-state index contributed by atoms with van der Waals surface area (Å²) in [5.74, 6) is 0.774. The van der Waals surface area contributed by atoms with Crippen LogP contribution in [0.4, 0.5) is 0 Å². The van der Waals surface area contributed by atoms with Crippen LogP contribution in [0.2, 0.25) is 0 Å². The Morgan fingerprint density at radius 3 is 2.52 bits per heavy atom. The van der Waals surface area contributed by atoms with Gasteiger partial charge in [-0.3, -0.25) is 9.89 Å². The Kier molecular flexibility index (Phi) is 9.87. The van der Waals surface area contributed by atoms with Crippen LogP contribution in [0.5, 0.6) is 0 Å². The van der Waals surface area contributed by atoms with Crippen molar-refractivity contribution in [2.45, 2.75) is 19.5 Å². The van der Waals surface area contributed by atoms with E-state index in [-0.39, 0.29) is 24.0 Å². The van der Waals surface area contributed by atoms with Crippen molar-refractivity contribution < 1.29 is 4.74 Å². The van der Waals surface area contributed by atoms with Crippen molar-refractivity contribution in [3.63, 3.8) is 0 Å². The van der Waals surface area contributed by atoms with Crippen LogP contribution in [0.3, 0.4) is 0 Å². The summed E-state index contributed by atoms with van der Waals surface area (Å²) in [4.78, 5) is 9.54. The second kappa shape index (κ2) is 12.1. The molecule has 1 unspecified atom stereocenters. The van der Waals surface area contributed by atoms with Gasteiger partial charge in [-0.1, -0.05) is 12.1 Å². The lowest BCUT2D eigenvalue weighted by molar-refractivity contribution is 0.0177. The number of benzene rings is 1. The molecule has 3 rings (SSSR count). The molecule has 1 aromatic carbocycles. The lowest BCUT2D eigenvalue weighted by Crippen LogP contribution is -2.46. The van der Waals surface area contributed by atoms with Crippen molar-refractivity contribution in [3.8, 4) is 6.07 Å². The fourth-order valence-electron chi connectivity index (χ4n) is 3.23. The number of thiophene rings is 1. The molecule has 156 valence electrons. The number of hydrogen-bond acceptors (Lipinski definition) is 5. The Hall–Kier alpha value is -1.67. The standard InChI is InChI=1S/C21H27N5OS.HI/c1-16-3-8-20(28-16)19(26-9-11-27-12-10-26)15-25-21(23-2)24-14-18-6-4-17(13-22)5-7-18;/h3-8,19H,9-12,14-15H2,1-2H3,(H2,23,24,25);1H. The molecule has 1 aliphatic rings. The second-order valence-corrected chi connectivity index (χ2v) is 8.05. The predicted molar refractivity (Wildman–Crippen MR) is 129 cm³/mol. The van der Waals surface area contributed by atoms with Gasteiger partial charge in [0.25, 0.3) is 0 Å². The van der Waals surface area contributed by atoms with E-state index in [2.05, 4.69) is 45.7 Å². The summed E-state index contributed by atoms with van der Waals surface area (Å²) in [6.45, 7) is 7.05. The fourth-order valence-corrected chi connectivity index (χ4v) is 4.24. The van der Waals surface area contributed by atoms with Crippen LogP contribution in [0.25, 0.3) is 0 Å². The predicted octanol–water partition coefficient (Wildman–Crippen LogP) is 3.28. The van der Waals surface area contributed by atoms with Gasteiger partial charge in [0.2, 0.25) is 0 Å². The topological polar surface area (TPSA) is 72.7 Å². The highest BCUT2D eigenvalue weighted by Gasteiger charge is 2.24. The number of rotatable bonds is 6. The van der Waals surface area contributed by atoms with Crippen LogP contribution >= 0.6 is 35.3 Å². The molecule has 1 aromatic heterocycles. The summed E-state index contributed by atoms with van der Waals surface area (Å²) in [5, 5.41) is 15.7. The molecule has 2 N–H and O–H groups in total. The molecule has 1 saturated heterocycles. The minimum Gasteiger partial charge on any atom is -0.379 e. The number of halogens is 1. The maximum absolute atomic E-state index is 8.90. The van der Waals surface area contributed by atoms with Gasteiger partial charge in [-0.05, 0) is 36.8 Å². The van der Waals surface area contributed by atoms with Crippen molar-refractivity contribution >= 4 is 41.3 Å². The molecule has 1 fully saturated rings. The van der Waals surface area contributed by atoms with E-state index in [1.165, 1.54) is 9.75 Å². The van der Waals surface area contributed by atoms with Gasteiger partial charge in [0.05, 0.1) is 30.9 Å². The van der Waals surface area contributed by atoms with Crippen molar-refractivity contribution in [1.82, 2.24) is 15.5 Å². The first-order valence-electron chi connectivity index (χ1n) is 9.51. The van der Waals surface area contributed by atoms with E-state index >= 15 is 0 Å². The van der Waals surface area contributed by atoms with Crippen molar-refractivity contribution in [1.29, 1.82) is 5.26 Å². The van der Waals surface area contributed by atoms with Gasteiger partial charge in [-0.15, -0.1) is 35.3 Å². The SMILES string of the molecule is CN=C(NCc1ccc(C#N)cc1)NCC(c1ccc(C)s1)N1CCOCC1.I. The Labute approximate surface area is 194 Å². The average Bonchev–Trinajstić information content (AvgIpc) is 3.17. The Morgan fingerprint density at radius 1 is 1.21 bits per heavy atom. The molecule has 8 heteroatoms. The largest absolute Gasteiger partial charge is 0.379 e. The molecule has 0 radical (unpaired) electrons. The third-order valence-electron chi connectivity index (χ3n) is 4.81. The molecule has 1 aliphatic heterocycles. The second-order valence-electron chi connectivity index (χ2n) is 6.73. The smallest absolute Gasteiger partial charge is 0.191 e. The number of aryl methyl sites for hydroxylation is 1. The normalized spacial score (nSPS) is 15.8. The van der Waals surface area contributed by atoms with Crippen LogP contribution in [-0.4, -0.2) is 50.8 Å². The third kappa shape index (κ3) is 6.96. The van der Waals surface area contributed by atoms with Crippen molar-refractivity contribution in [2.75, 3.05) is 39.9 Å². The maximum atomic E-state index is 8.90. The summed E-state index contributed by atoms with van der Waals surface area (Å²) in [6.07, 6.45) is 0. The number of hydrogen-bond donors (Lipinski definition) is 2. The van der Waals surface area contributed by atoms with Gasteiger partial charge >= 0.3 is 0 Å². The third-order valence-corrected chi connectivity index (χ3v) is 5.91. The lowest BCUT2D eigenvalue weighted by atomic mass is 10.1. The van der Waals surface area contributed by atoms with Crippen LogP contribution in [0.1, 0.15) is 26.9 Å². The summed E-state index contributed by atoms with van der Waals surface area (Å²) in [7, 11) is 1.78. The summed E-state index contributed by atoms with van der Waals surface area (Å²) >= 11 is 1.85. The number of nitrogens with one attached hydrogen (secondary N) is 2. The van der Waals surface area contributed by atoms with Gasteiger partial charge in [-0.2, -0.15) is 5.26 Å². The minimum absolute atomic E-state index is 0. The van der Waals surface area contributed by atoms with Gasteiger partial charge in [0.1, 0.15) is 0 Å². The number of morpholine rings is 1. The van der Waals surface area contributed by atoms with E-state index in [1.54, 1.807) is 7.05 Å². The molecule has 2 aromatic rings. The Balaban J connectivity index is 0.00000300.